The van der Waals surface area contributed by atoms with Crippen molar-refractivity contribution in [3.63, 3.8) is 0 Å². The number of hydrogen-bond acceptors (Lipinski definition) is 5. The maximum atomic E-state index is 6.09. The molecule has 1 heterocycles. The van der Waals surface area contributed by atoms with Crippen LogP contribution in [0.25, 0.3) is 11.4 Å². The van der Waals surface area contributed by atoms with E-state index in [4.69, 9.17) is 17.3 Å². The first-order valence-electron chi connectivity index (χ1n) is 7.55. The van der Waals surface area contributed by atoms with Crippen molar-refractivity contribution in [2.24, 2.45) is 0 Å². The first-order valence-corrected chi connectivity index (χ1v) is 7.92. The summed E-state index contributed by atoms with van der Waals surface area (Å²) in [7, 11) is 0. The van der Waals surface area contributed by atoms with Crippen LogP contribution in [0.2, 0.25) is 5.02 Å². The van der Waals surface area contributed by atoms with Gasteiger partial charge in [0.15, 0.2) is 5.82 Å². The fraction of sp³-hybridized carbons (Fsp3) is 0.167. The topological polar surface area (TPSA) is 76.7 Å². The Morgan fingerprint density at radius 3 is 2.38 bits per heavy atom. The number of nitrogens with two attached hydrogens (primary N) is 1. The van der Waals surface area contributed by atoms with Crippen molar-refractivity contribution in [3.8, 4) is 11.4 Å². The number of rotatable bonds is 3. The maximum Gasteiger partial charge on any atom is 0.232 e. The lowest BCUT2D eigenvalue weighted by molar-refractivity contribution is 1.07. The van der Waals surface area contributed by atoms with Crippen LogP contribution < -0.4 is 11.1 Å². The smallest absolute Gasteiger partial charge is 0.232 e. The summed E-state index contributed by atoms with van der Waals surface area (Å²) in [5.74, 6) is 1.06. The third-order valence-electron chi connectivity index (χ3n) is 3.86. The minimum atomic E-state index is 0.158. The summed E-state index contributed by atoms with van der Waals surface area (Å²) in [5.41, 5.74) is 11.0. The molecule has 0 aliphatic rings. The van der Waals surface area contributed by atoms with Crippen molar-refractivity contribution < 1.29 is 0 Å². The van der Waals surface area contributed by atoms with Crippen molar-refractivity contribution >= 4 is 29.2 Å². The highest BCUT2D eigenvalue weighted by Gasteiger charge is 2.10. The zero-order valence-electron chi connectivity index (χ0n) is 13.8. The number of hydrogen-bond donors (Lipinski definition) is 2. The SMILES string of the molecule is Cc1ccc(Nc2nc(N)nc(-c3cc(Cl)ccc3C)n2)cc1C. The zero-order chi connectivity index (χ0) is 17.3. The molecular weight excluding hydrogens is 322 g/mol. The predicted molar refractivity (Wildman–Crippen MR) is 98.6 cm³/mol. The summed E-state index contributed by atoms with van der Waals surface area (Å²) in [6, 6.07) is 11.6. The minimum absolute atomic E-state index is 0.158. The summed E-state index contributed by atoms with van der Waals surface area (Å²) in [6.07, 6.45) is 0. The van der Waals surface area contributed by atoms with Crippen molar-refractivity contribution in [1.82, 2.24) is 15.0 Å². The Hall–Kier alpha value is -2.66. The summed E-state index contributed by atoms with van der Waals surface area (Å²) in [4.78, 5) is 12.9. The van der Waals surface area contributed by atoms with Crippen molar-refractivity contribution in [1.29, 1.82) is 0 Å². The highest BCUT2D eigenvalue weighted by Crippen LogP contribution is 2.26. The largest absolute Gasteiger partial charge is 0.368 e. The maximum absolute atomic E-state index is 6.09. The third-order valence-corrected chi connectivity index (χ3v) is 4.09. The zero-order valence-corrected chi connectivity index (χ0v) is 14.5. The number of nitrogens with zero attached hydrogens (tertiary/aromatic N) is 3. The van der Waals surface area contributed by atoms with E-state index in [2.05, 4.69) is 34.1 Å². The van der Waals surface area contributed by atoms with Gasteiger partial charge in [-0.15, -0.1) is 0 Å². The monoisotopic (exact) mass is 339 g/mol. The number of nitrogen functional groups attached to an aromatic ring is 1. The first kappa shape index (κ1) is 16.2. The van der Waals surface area contributed by atoms with Crippen molar-refractivity contribution in [2.75, 3.05) is 11.1 Å². The number of benzene rings is 2. The Morgan fingerprint density at radius 1 is 0.875 bits per heavy atom. The van der Waals surface area contributed by atoms with Crippen molar-refractivity contribution in [2.45, 2.75) is 20.8 Å². The van der Waals surface area contributed by atoms with Crippen LogP contribution in [0.5, 0.6) is 0 Å². The lowest BCUT2D eigenvalue weighted by Gasteiger charge is -2.10. The average molecular weight is 340 g/mol. The highest BCUT2D eigenvalue weighted by atomic mass is 35.5. The van der Waals surface area contributed by atoms with Crippen LogP contribution in [0.4, 0.5) is 17.6 Å². The highest BCUT2D eigenvalue weighted by molar-refractivity contribution is 6.30. The van der Waals surface area contributed by atoms with E-state index < -0.39 is 0 Å². The second-order valence-electron chi connectivity index (χ2n) is 5.72. The lowest BCUT2D eigenvalue weighted by Crippen LogP contribution is -2.05. The Bertz CT molecular complexity index is 908. The molecular formula is C18H18ClN5. The molecule has 1 aromatic heterocycles. The van der Waals surface area contributed by atoms with Gasteiger partial charge in [0.2, 0.25) is 11.9 Å². The fourth-order valence-corrected chi connectivity index (χ4v) is 2.52. The predicted octanol–water partition coefficient (Wildman–Crippen LogP) is 4.44. The summed E-state index contributed by atoms with van der Waals surface area (Å²) in [5, 5.41) is 3.81. The Balaban J connectivity index is 2.00. The van der Waals surface area contributed by atoms with Crippen LogP contribution in [0.1, 0.15) is 16.7 Å². The average Bonchev–Trinajstić information content (AvgIpc) is 2.53. The molecule has 0 aliphatic carbocycles. The van der Waals surface area contributed by atoms with Gasteiger partial charge in [0, 0.05) is 16.3 Å². The molecule has 0 amide bonds. The molecule has 122 valence electrons. The third kappa shape index (κ3) is 3.46. The Morgan fingerprint density at radius 2 is 1.62 bits per heavy atom. The second-order valence-corrected chi connectivity index (χ2v) is 6.16. The normalized spacial score (nSPS) is 10.7. The van der Waals surface area contributed by atoms with Gasteiger partial charge in [0.25, 0.3) is 0 Å². The summed E-state index contributed by atoms with van der Waals surface area (Å²) >= 11 is 6.09. The summed E-state index contributed by atoms with van der Waals surface area (Å²) < 4.78 is 0. The number of anilines is 3. The number of nitrogens with one attached hydrogen (secondary N) is 1. The van der Waals surface area contributed by atoms with Gasteiger partial charge in [-0.2, -0.15) is 15.0 Å². The minimum Gasteiger partial charge on any atom is -0.368 e. The number of aromatic nitrogens is 3. The molecule has 6 heteroatoms. The van der Waals surface area contributed by atoms with Crippen LogP contribution in [0, 0.1) is 20.8 Å². The molecule has 5 nitrogen and oxygen atoms in total. The van der Waals surface area contributed by atoms with E-state index in [1.807, 2.05) is 43.3 Å². The number of aryl methyl sites for hydroxylation is 3. The molecule has 3 N–H and O–H groups in total. The van der Waals surface area contributed by atoms with E-state index >= 15 is 0 Å². The molecule has 0 fully saturated rings. The van der Waals surface area contributed by atoms with Gasteiger partial charge in [0.1, 0.15) is 0 Å². The molecule has 0 unspecified atom stereocenters. The molecule has 2 aromatic carbocycles. The molecule has 0 atom stereocenters. The molecule has 0 bridgehead atoms. The van der Waals surface area contributed by atoms with Crippen LogP contribution in [-0.4, -0.2) is 15.0 Å². The van der Waals surface area contributed by atoms with Crippen LogP contribution in [0.3, 0.4) is 0 Å². The van der Waals surface area contributed by atoms with E-state index in [0.717, 1.165) is 16.8 Å². The molecule has 0 aliphatic heterocycles. The molecule has 0 spiro atoms. The van der Waals surface area contributed by atoms with Gasteiger partial charge < -0.3 is 11.1 Å². The van der Waals surface area contributed by atoms with E-state index in [9.17, 15) is 0 Å². The molecule has 0 radical (unpaired) electrons. The van der Waals surface area contributed by atoms with Crippen LogP contribution in [-0.2, 0) is 0 Å². The second kappa shape index (κ2) is 6.45. The Labute approximate surface area is 145 Å². The molecule has 0 saturated heterocycles. The quantitative estimate of drug-likeness (QED) is 0.737. The van der Waals surface area contributed by atoms with E-state index in [0.29, 0.717) is 16.8 Å². The Kier molecular flexibility index (Phi) is 4.36. The first-order chi connectivity index (χ1) is 11.4. The van der Waals surface area contributed by atoms with Gasteiger partial charge >= 0.3 is 0 Å². The van der Waals surface area contributed by atoms with Gasteiger partial charge in [-0.1, -0.05) is 23.7 Å². The van der Waals surface area contributed by atoms with E-state index in [1.54, 1.807) is 0 Å². The molecule has 24 heavy (non-hydrogen) atoms. The molecule has 3 rings (SSSR count). The standard InChI is InChI=1S/C18H18ClN5/c1-10-5-7-14(8-12(10)3)21-18-23-16(22-17(20)24-18)15-9-13(19)6-4-11(15)2/h4-9H,1-3H3,(H3,20,21,22,23,24). The lowest BCUT2D eigenvalue weighted by atomic mass is 10.1. The fourth-order valence-electron chi connectivity index (χ4n) is 2.35. The van der Waals surface area contributed by atoms with Gasteiger partial charge in [0.05, 0.1) is 0 Å². The van der Waals surface area contributed by atoms with E-state index in [1.165, 1.54) is 11.1 Å². The number of halogens is 1. The van der Waals surface area contributed by atoms with Gasteiger partial charge in [-0.25, -0.2) is 0 Å². The molecule has 0 saturated carbocycles. The van der Waals surface area contributed by atoms with Crippen LogP contribution in [0.15, 0.2) is 36.4 Å². The van der Waals surface area contributed by atoms with Gasteiger partial charge in [-0.05, 0) is 61.7 Å². The van der Waals surface area contributed by atoms with Crippen molar-refractivity contribution in [3.05, 3.63) is 58.1 Å². The van der Waals surface area contributed by atoms with E-state index in [-0.39, 0.29) is 5.95 Å². The molecule has 3 aromatic rings. The van der Waals surface area contributed by atoms with Crippen LogP contribution >= 0.6 is 11.6 Å². The van der Waals surface area contributed by atoms with Gasteiger partial charge in [-0.3, -0.25) is 0 Å². The summed E-state index contributed by atoms with van der Waals surface area (Å²) in [6.45, 7) is 6.10.